The molecule has 0 saturated heterocycles. The Hall–Kier alpha value is -4.04. The van der Waals surface area contributed by atoms with Crippen LogP contribution in [0.5, 0.6) is 5.75 Å². The van der Waals surface area contributed by atoms with E-state index < -0.39 is 11.5 Å². The maximum atomic E-state index is 13.0. The number of carbonyl (C=O) groups excluding carboxylic acids is 1. The van der Waals surface area contributed by atoms with Crippen LogP contribution in [0.3, 0.4) is 0 Å². The molecule has 3 aromatic carbocycles. The second-order valence-electron chi connectivity index (χ2n) is 6.79. The molecule has 0 radical (unpaired) electrons. The van der Waals surface area contributed by atoms with E-state index in [1.165, 1.54) is 12.3 Å². The van der Waals surface area contributed by atoms with Crippen LogP contribution >= 0.6 is 15.9 Å². The van der Waals surface area contributed by atoms with Crippen molar-refractivity contribution in [1.29, 1.82) is 0 Å². The van der Waals surface area contributed by atoms with Gasteiger partial charge in [0.05, 0.1) is 11.9 Å². The molecule has 1 amide bonds. The molecule has 0 bridgehead atoms. The Morgan fingerprint density at radius 3 is 2.34 bits per heavy atom. The van der Waals surface area contributed by atoms with E-state index >= 15 is 0 Å². The minimum atomic E-state index is -0.699. The molecule has 0 aliphatic rings. The summed E-state index contributed by atoms with van der Waals surface area (Å²) in [6.07, 6.45) is 1.30. The zero-order chi connectivity index (χ0) is 22.5. The maximum absolute atomic E-state index is 13.0. The topological polar surface area (TPSA) is 107 Å². The van der Waals surface area contributed by atoms with Gasteiger partial charge in [0.2, 0.25) is 0 Å². The molecular weight excluding hydrogens is 472 g/mol. The Bertz CT molecular complexity index is 1350. The Morgan fingerprint density at radius 2 is 1.66 bits per heavy atom. The van der Waals surface area contributed by atoms with E-state index in [0.29, 0.717) is 22.4 Å². The predicted octanol–water partition coefficient (Wildman–Crippen LogP) is 4.34. The fraction of sp³-hybridized carbons (Fsp3) is 0. The summed E-state index contributed by atoms with van der Waals surface area (Å²) in [5.74, 6) is -0.695. The number of hydrogen-bond acceptors (Lipinski definition) is 5. The van der Waals surface area contributed by atoms with Crippen molar-refractivity contribution in [2.75, 3.05) is 0 Å². The van der Waals surface area contributed by atoms with E-state index in [9.17, 15) is 14.7 Å². The first-order chi connectivity index (χ1) is 15.5. The van der Waals surface area contributed by atoms with Crippen LogP contribution in [-0.4, -0.2) is 27.4 Å². The van der Waals surface area contributed by atoms with Gasteiger partial charge in [0, 0.05) is 21.2 Å². The number of halogens is 1. The Labute approximate surface area is 191 Å². The number of amides is 1. The third-order valence-corrected chi connectivity index (χ3v) is 5.17. The van der Waals surface area contributed by atoms with E-state index in [1.807, 2.05) is 60.7 Å². The van der Waals surface area contributed by atoms with Crippen molar-refractivity contribution in [3.8, 4) is 28.1 Å². The minimum absolute atomic E-state index is 0.00398. The summed E-state index contributed by atoms with van der Waals surface area (Å²) >= 11 is 3.32. The average molecular weight is 489 g/mol. The number of H-pyrrole nitrogens is 1. The predicted molar refractivity (Wildman–Crippen MR) is 127 cm³/mol. The molecule has 7 nitrogen and oxygen atoms in total. The number of hydrogen-bond donors (Lipinski definition) is 3. The molecule has 0 fully saturated rings. The standard InChI is InChI=1S/C24H17BrN4O3/c25-18-11-12-19(30)17(13-18)14-26-28-23(31)21-20(15-7-3-1-4-8-15)22(27-29-24(21)32)16-9-5-2-6-10-16/h1-14,30H,(H,28,31)(H,29,32). The van der Waals surface area contributed by atoms with Gasteiger partial charge < -0.3 is 5.11 Å². The summed E-state index contributed by atoms with van der Waals surface area (Å²) < 4.78 is 0.743. The highest BCUT2D eigenvalue weighted by Crippen LogP contribution is 2.31. The normalized spacial score (nSPS) is 10.9. The first kappa shape index (κ1) is 21.2. The van der Waals surface area contributed by atoms with E-state index in [1.54, 1.807) is 12.1 Å². The van der Waals surface area contributed by atoms with E-state index in [4.69, 9.17) is 0 Å². The van der Waals surface area contributed by atoms with Crippen LogP contribution in [0.25, 0.3) is 22.4 Å². The Balaban J connectivity index is 1.78. The van der Waals surface area contributed by atoms with Gasteiger partial charge in [-0.2, -0.15) is 10.2 Å². The molecule has 4 aromatic rings. The van der Waals surface area contributed by atoms with Crippen LogP contribution in [0.15, 0.2) is 93.2 Å². The lowest BCUT2D eigenvalue weighted by Gasteiger charge is -2.12. The summed E-state index contributed by atoms with van der Waals surface area (Å²) in [7, 11) is 0. The molecule has 0 unspecified atom stereocenters. The fourth-order valence-corrected chi connectivity index (χ4v) is 3.58. The number of nitrogens with one attached hydrogen (secondary N) is 2. The van der Waals surface area contributed by atoms with Crippen molar-refractivity contribution in [2.24, 2.45) is 5.10 Å². The zero-order valence-electron chi connectivity index (χ0n) is 16.6. The van der Waals surface area contributed by atoms with E-state index in [-0.39, 0.29) is 11.3 Å². The number of nitrogens with zero attached hydrogens (tertiary/aromatic N) is 2. The van der Waals surface area contributed by atoms with Gasteiger partial charge in [-0.3, -0.25) is 9.59 Å². The van der Waals surface area contributed by atoms with Crippen molar-refractivity contribution in [3.05, 3.63) is 105 Å². The smallest absolute Gasteiger partial charge is 0.277 e. The van der Waals surface area contributed by atoms with Gasteiger partial charge in [-0.1, -0.05) is 76.6 Å². The summed E-state index contributed by atoms with van der Waals surface area (Å²) in [5, 5.41) is 20.5. The molecule has 4 rings (SSSR count). The lowest BCUT2D eigenvalue weighted by molar-refractivity contribution is 0.0954. The van der Waals surface area contributed by atoms with Crippen molar-refractivity contribution in [1.82, 2.24) is 15.6 Å². The van der Waals surface area contributed by atoms with E-state index in [0.717, 1.165) is 10.0 Å². The van der Waals surface area contributed by atoms with Crippen molar-refractivity contribution >= 4 is 28.1 Å². The molecule has 8 heteroatoms. The quantitative estimate of drug-likeness (QED) is 0.287. The molecule has 32 heavy (non-hydrogen) atoms. The first-order valence-corrected chi connectivity index (χ1v) is 10.4. The van der Waals surface area contributed by atoms with Crippen LogP contribution in [0, 0.1) is 0 Å². The third-order valence-electron chi connectivity index (χ3n) is 4.68. The maximum Gasteiger partial charge on any atom is 0.277 e. The highest BCUT2D eigenvalue weighted by Gasteiger charge is 2.22. The molecular formula is C24H17BrN4O3. The summed E-state index contributed by atoms with van der Waals surface area (Å²) in [5.41, 5.74) is 4.32. The number of aromatic hydroxyl groups is 1. The minimum Gasteiger partial charge on any atom is -0.507 e. The number of carbonyl (C=O) groups is 1. The molecule has 158 valence electrons. The SMILES string of the molecule is O=C(NN=Cc1cc(Br)ccc1O)c1c(-c2ccccc2)c(-c2ccccc2)n[nH]c1=O. The molecule has 1 heterocycles. The highest BCUT2D eigenvalue weighted by molar-refractivity contribution is 9.10. The number of phenols is 1. The number of aromatic nitrogens is 2. The second-order valence-corrected chi connectivity index (χ2v) is 7.70. The van der Waals surface area contributed by atoms with Gasteiger partial charge in [-0.05, 0) is 23.8 Å². The molecule has 0 spiro atoms. The molecule has 0 aliphatic carbocycles. The van der Waals surface area contributed by atoms with Gasteiger partial charge in [0.15, 0.2) is 0 Å². The molecule has 0 atom stereocenters. The van der Waals surface area contributed by atoms with Gasteiger partial charge in [-0.15, -0.1) is 0 Å². The number of rotatable bonds is 5. The lowest BCUT2D eigenvalue weighted by Crippen LogP contribution is -2.28. The van der Waals surface area contributed by atoms with Crippen molar-refractivity contribution in [2.45, 2.75) is 0 Å². The highest BCUT2D eigenvalue weighted by atomic mass is 79.9. The van der Waals surface area contributed by atoms with Gasteiger partial charge >= 0.3 is 0 Å². The first-order valence-electron chi connectivity index (χ1n) is 9.60. The Kier molecular flexibility index (Phi) is 6.23. The average Bonchev–Trinajstić information content (AvgIpc) is 2.82. The summed E-state index contributed by atoms with van der Waals surface area (Å²) in [6.45, 7) is 0. The number of phenolic OH excluding ortho intramolecular Hbond substituents is 1. The number of aromatic amines is 1. The lowest BCUT2D eigenvalue weighted by atomic mass is 9.95. The molecule has 0 aliphatic heterocycles. The summed E-state index contributed by atoms with van der Waals surface area (Å²) in [4.78, 5) is 25.7. The largest absolute Gasteiger partial charge is 0.507 e. The Morgan fingerprint density at radius 1 is 1.00 bits per heavy atom. The van der Waals surface area contributed by atoms with Crippen molar-refractivity contribution in [3.63, 3.8) is 0 Å². The van der Waals surface area contributed by atoms with Gasteiger partial charge in [-0.25, -0.2) is 10.5 Å². The molecule has 1 aromatic heterocycles. The molecule has 0 saturated carbocycles. The van der Waals surface area contributed by atoms with Crippen molar-refractivity contribution < 1.29 is 9.90 Å². The van der Waals surface area contributed by atoms with Gasteiger partial charge in [0.25, 0.3) is 11.5 Å². The van der Waals surface area contributed by atoms with Gasteiger partial charge in [0.1, 0.15) is 11.3 Å². The fourth-order valence-electron chi connectivity index (χ4n) is 3.20. The third kappa shape index (κ3) is 4.50. The van der Waals surface area contributed by atoms with Crippen LogP contribution < -0.4 is 11.0 Å². The van der Waals surface area contributed by atoms with Crippen LogP contribution in [-0.2, 0) is 0 Å². The van der Waals surface area contributed by atoms with Crippen LogP contribution in [0.2, 0.25) is 0 Å². The van der Waals surface area contributed by atoms with Crippen LogP contribution in [0.1, 0.15) is 15.9 Å². The number of hydrazone groups is 1. The second kappa shape index (κ2) is 9.40. The zero-order valence-corrected chi connectivity index (χ0v) is 18.2. The molecule has 3 N–H and O–H groups in total. The summed E-state index contributed by atoms with van der Waals surface area (Å²) in [6, 6.07) is 23.2. The van der Waals surface area contributed by atoms with E-state index in [2.05, 4.69) is 36.7 Å². The number of benzene rings is 3. The monoisotopic (exact) mass is 488 g/mol. The van der Waals surface area contributed by atoms with Crippen LogP contribution in [0.4, 0.5) is 0 Å².